The maximum absolute atomic E-state index is 11.9. The highest BCUT2D eigenvalue weighted by Crippen LogP contribution is 2.15. The zero-order valence-electron chi connectivity index (χ0n) is 11.9. The molecule has 0 spiro atoms. The quantitative estimate of drug-likeness (QED) is 0.850. The minimum atomic E-state index is -0.153. The zero-order chi connectivity index (χ0) is 15.1. The summed E-state index contributed by atoms with van der Waals surface area (Å²) in [6, 6.07) is 7.40. The number of carbonyl (C=O) groups excluding carboxylic acids is 2. The second kappa shape index (κ2) is 8.14. The average Bonchev–Trinajstić information content (AvgIpc) is 2.48. The van der Waals surface area contributed by atoms with Gasteiger partial charge in [0, 0.05) is 23.2 Å². The van der Waals surface area contributed by atoms with Gasteiger partial charge in [-0.1, -0.05) is 22.0 Å². The van der Waals surface area contributed by atoms with Crippen LogP contribution in [0.15, 0.2) is 28.7 Å². The van der Waals surface area contributed by atoms with Crippen molar-refractivity contribution in [1.82, 2.24) is 10.2 Å². The maximum atomic E-state index is 11.9. The predicted molar refractivity (Wildman–Crippen MR) is 86.1 cm³/mol. The van der Waals surface area contributed by atoms with Crippen LogP contribution in [-0.2, 0) is 9.59 Å². The van der Waals surface area contributed by atoms with E-state index in [1.807, 2.05) is 29.2 Å². The van der Waals surface area contributed by atoms with Crippen LogP contribution >= 0.6 is 15.9 Å². The van der Waals surface area contributed by atoms with E-state index in [0.29, 0.717) is 0 Å². The largest absolute Gasteiger partial charge is 0.342 e. The van der Waals surface area contributed by atoms with E-state index in [0.717, 1.165) is 36.1 Å². The lowest BCUT2D eigenvalue weighted by Crippen LogP contribution is -2.42. The number of piperidine rings is 1. The second-order valence-corrected chi connectivity index (χ2v) is 6.02. The first-order chi connectivity index (χ1) is 10.1. The Bertz CT molecular complexity index is 501. The summed E-state index contributed by atoms with van der Waals surface area (Å²) in [5.74, 6) is -0.0792. The third kappa shape index (κ3) is 5.47. The Hall–Kier alpha value is -1.40. The van der Waals surface area contributed by atoms with Crippen molar-refractivity contribution < 1.29 is 9.59 Å². The lowest BCUT2D eigenvalue weighted by Gasteiger charge is -2.26. The van der Waals surface area contributed by atoms with Gasteiger partial charge in [-0.2, -0.15) is 0 Å². The van der Waals surface area contributed by atoms with Gasteiger partial charge in [-0.05, 0) is 37.5 Å². The fourth-order valence-electron chi connectivity index (χ4n) is 2.31. The average molecular weight is 354 g/mol. The molecule has 0 unspecified atom stereocenters. The van der Waals surface area contributed by atoms with E-state index in [-0.39, 0.29) is 24.9 Å². The first kappa shape index (κ1) is 16.0. The van der Waals surface area contributed by atoms with E-state index in [1.54, 1.807) is 0 Å². The number of anilines is 1. The van der Waals surface area contributed by atoms with E-state index < -0.39 is 0 Å². The Balaban J connectivity index is 1.68. The first-order valence-electron chi connectivity index (χ1n) is 7.19. The molecular formula is C15H20BrN3O2. The Morgan fingerprint density at radius 2 is 1.90 bits per heavy atom. The van der Waals surface area contributed by atoms with Crippen molar-refractivity contribution in [1.29, 1.82) is 0 Å². The molecule has 1 saturated heterocycles. The topological polar surface area (TPSA) is 61.4 Å². The summed E-state index contributed by atoms with van der Waals surface area (Å²) in [5.41, 5.74) is 0.735. The summed E-state index contributed by atoms with van der Waals surface area (Å²) in [5, 5.41) is 5.68. The van der Waals surface area contributed by atoms with Gasteiger partial charge < -0.3 is 10.2 Å². The molecule has 114 valence electrons. The van der Waals surface area contributed by atoms with E-state index in [2.05, 4.69) is 26.6 Å². The van der Waals surface area contributed by atoms with Gasteiger partial charge in [0.15, 0.2) is 0 Å². The molecule has 0 radical (unpaired) electrons. The van der Waals surface area contributed by atoms with Crippen LogP contribution in [0.2, 0.25) is 0 Å². The number of amides is 2. The Kier molecular flexibility index (Phi) is 6.20. The predicted octanol–water partition coefficient (Wildman–Crippen LogP) is 1.99. The minimum absolute atomic E-state index is 0.0740. The normalized spacial score (nSPS) is 14.8. The molecule has 2 amide bonds. The molecule has 0 aromatic heterocycles. The standard InChI is InChI=1S/C15H20BrN3O2/c16-12-5-4-6-13(9-12)18-14(20)10-17-11-15(21)19-7-2-1-3-8-19/h4-6,9,17H,1-3,7-8,10-11H2,(H,18,20). The Morgan fingerprint density at radius 3 is 2.62 bits per heavy atom. The third-order valence-electron chi connectivity index (χ3n) is 3.38. The molecule has 6 heteroatoms. The lowest BCUT2D eigenvalue weighted by molar-refractivity contribution is -0.131. The van der Waals surface area contributed by atoms with Crippen molar-refractivity contribution in [2.75, 3.05) is 31.5 Å². The number of nitrogens with zero attached hydrogens (tertiary/aromatic N) is 1. The van der Waals surface area contributed by atoms with Crippen LogP contribution in [0, 0.1) is 0 Å². The summed E-state index contributed by atoms with van der Waals surface area (Å²) in [7, 11) is 0. The monoisotopic (exact) mass is 353 g/mol. The van der Waals surface area contributed by atoms with Crippen LogP contribution in [0.3, 0.4) is 0 Å². The van der Waals surface area contributed by atoms with E-state index in [4.69, 9.17) is 0 Å². The van der Waals surface area contributed by atoms with Crippen LogP contribution < -0.4 is 10.6 Å². The van der Waals surface area contributed by atoms with Crippen molar-refractivity contribution in [2.45, 2.75) is 19.3 Å². The van der Waals surface area contributed by atoms with E-state index in [1.165, 1.54) is 6.42 Å². The van der Waals surface area contributed by atoms with Gasteiger partial charge in [-0.15, -0.1) is 0 Å². The molecule has 0 aliphatic carbocycles. The molecule has 1 aromatic carbocycles. The SMILES string of the molecule is O=C(CNCC(=O)N1CCCCC1)Nc1cccc(Br)c1. The van der Waals surface area contributed by atoms with Crippen molar-refractivity contribution in [3.8, 4) is 0 Å². The molecule has 1 aromatic rings. The van der Waals surface area contributed by atoms with Gasteiger partial charge in [-0.25, -0.2) is 0 Å². The molecule has 0 atom stereocenters. The summed E-state index contributed by atoms with van der Waals surface area (Å²) >= 11 is 3.35. The van der Waals surface area contributed by atoms with Crippen molar-refractivity contribution in [2.24, 2.45) is 0 Å². The Morgan fingerprint density at radius 1 is 1.14 bits per heavy atom. The number of likely N-dealkylation sites (tertiary alicyclic amines) is 1. The molecule has 0 saturated carbocycles. The highest BCUT2D eigenvalue weighted by atomic mass is 79.9. The minimum Gasteiger partial charge on any atom is -0.342 e. The summed E-state index contributed by atoms with van der Waals surface area (Å²) < 4.78 is 0.911. The molecular weight excluding hydrogens is 334 g/mol. The van der Waals surface area contributed by atoms with Crippen LogP contribution in [0.4, 0.5) is 5.69 Å². The molecule has 2 N–H and O–H groups in total. The van der Waals surface area contributed by atoms with Crippen molar-refractivity contribution in [3.63, 3.8) is 0 Å². The molecule has 5 nitrogen and oxygen atoms in total. The highest BCUT2D eigenvalue weighted by molar-refractivity contribution is 9.10. The van der Waals surface area contributed by atoms with Gasteiger partial charge in [-0.3, -0.25) is 14.9 Å². The lowest BCUT2D eigenvalue weighted by atomic mass is 10.1. The molecule has 1 fully saturated rings. The fourth-order valence-corrected chi connectivity index (χ4v) is 2.71. The van der Waals surface area contributed by atoms with Gasteiger partial charge in [0.05, 0.1) is 13.1 Å². The molecule has 2 rings (SSSR count). The molecule has 1 heterocycles. The number of rotatable bonds is 5. The summed E-state index contributed by atoms with van der Waals surface area (Å²) in [6.07, 6.45) is 3.36. The smallest absolute Gasteiger partial charge is 0.238 e. The Labute approximate surface area is 133 Å². The molecule has 1 aliphatic rings. The number of halogens is 1. The number of nitrogens with one attached hydrogen (secondary N) is 2. The number of hydrogen-bond acceptors (Lipinski definition) is 3. The molecule has 21 heavy (non-hydrogen) atoms. The van der Waals surface area contributed by atoms with Gasteiger partial charge in [0.25, 0.3) is 0 Å². The van der Waals surface area contributed by atoms with Crippen LogP contribution in [0.25, 0.3) is 0 Å². The van der Waals surface area contributed by atoms with Gasteiger partial charge in [0.1, 0.15) is 0 Å². The van der Waals surface area contributed by atoms with E-state index in [9.17, 15) is 9.59 Å². The van der Waals surface area contributed by atoms with Crippen LogP contribution in [-0.4, -0.2) is 42.9 Å². The van der Waals surface area contributed by atoms with Crippen molar-refractivity contribution >= 4 is 33.4 Å². The first-order valence-corrected chi connectivity index (χ1v) is 7.98. The summed E-state index contributed by atoms with van der Waals surface area (Å²) in [6.45, 7) is 2.02. The highest BCUT2D eigenvalue weighted by Gasteiger charge is 2.16. The maximum Gasteiger partial charge on any atom is 0.238 e. The number of carbonyl (C=O) groups is 2. The molecule has 0 bridgehead atoms. The van der Waals surface area contributed by atoms with Gasteiger partial charge >= 0.3 is 0 Å². The van der Waals surface area contributed by atoms with Crippen LogP contribution in [0.1, 0.15) is 19.3 Å². The van der Waals surface area contributed by atoms with Crippen molar-refractivity contribution in [3.05, 3.63) is 28.7 Å². The number of hydrogen-bond donors (Lipinski definition) is 2. The fraction of sp³-hybridized carbons (Fsp3) is 0.467. The van der Waals surface area contributed by atoms with Gasteiger partial charge in [0.2, 0.25) is 11.8 Å². The second-order valence-electron chi connectivity index (χ2n) is 5.10. The number of benzene rings is 1. The summed E-state index contributed by atoms with van der Waals surface area (Å²) in [4.78, 5) is 25.5. The van der Waals surface area contributed by atoms with Crippen LogP contribution in [0.5, 0.6) is 0 Å². The zero-order valence-corrected chi connectivity index (χ0v) is 13.5. The molecule has 1 aliphatic heterocycles. The van der Waals surface area contributed by atoms with E-state index >= 15 is 0 Å². The third-order valence-corrected chi connectivity index (χ3v) is 3.87.